The molecule has 2 amide bonds. The first-order valence-electron chi connectivity index (χ1n) is 6.13. The summed E-state index contributed by atoms with van der Waals surface area (Å²) in [5, 5.41) is 11.7. The zero-order valence-corrected chi connectivity index (χ0v) is 13.3. The van der Waals surface area contributed by atoms with E-state index in [0.29, 0.717) is 10.2 Å². The van der Waals surface area contributed by atoms with Crippen LogP contribution in [0.1, 0.15) is 16.8 Å². The number of thioether (sulfide) groups is 1. The average molecular weight is 359 g/mol. The number of urea groups is 1. The Morgan fingerprint density at radius 1 is 1.50 bits per heavy atom. The number of nitrogens with zero attached hydrogens (tertiary/aromatic N) is 1. The van der Waals surface area contributed by atoms with E-state index in [1.807, 2.05) is 11.8 Å². The van der Waals surface area contributed by atoms with Crippen molar-refractivity contribution in [1.29, 1.82) is 0 Å². The Kier molecular flexibility index (Phi) is 4.93. The summed E-state index contributed by atoms with van der Waals surface area (Å²) in [4.78, 5) is 24.8. The molecule has 1 aromatic carbocycles. The molecule has 0 spiro atoms. The van der Waals surface area contributed by atoms with Gasteiger partial charge in [0.25, 0.3) is 0 Å². The Morgan fingerprint density at radius 2 is 2.25 bits per heavy atom. The number of hydrogen-bond donors (Lipinski definition) is 2. The first-order valence-corrected chi connectivity index (χ1v) is 8.08. The standard InChI is InChI=1S/C13H15BrN2O3S/c1-16(9-4-5-20-7-9)13(19)15-11-6-8(12(17)18)2-3-10(11)14/h2-3,6,9H,4-5,7H2,1H3,(H,15,19)(H,17,18). The second-order valence-corrected chi connectivity index (χ2v) is 6.56. The first kappa shape index (κ1) is 15.2. The zero-order chi connectivity index (χ0) is 14.7. The fraction of sp³-hybridized carbons (Fsp3) is 0.385. The maximum atomic E-state index is 12.2. The lowest BCUT2D eigenvalue weighted by atomic mass is 10.2. The molecule has 5 nitrogen and oxygen atoms in total. The van der Waals surface area contributed by atoms with E-state index in [0.717, 1.165) is 17.9 Å². The number of benzene rings is 1. The Bertz CT molecular complexity index is 532. The summed E-state index contributed by atoms with van der Waals surface area (Å²) in [6.07, 6.45) is 0.991. The molecule has 0 radical (unpaired) electrons. The Hall–Kier alpha value is -1.21. The van der Waals surface area contributed by atoms with E-state index in [2.05, 4.69) is 21.2 Å². The van der Waals surface area contributed by atoms with E-state index in [1.165, 1.54) is 12.1 Å². The highest BCUT2D eigenvalue weighted by molar-refractivity contribution is 9.10. The van der Waals surface area contributed by atoms with Gasteiger partial charge in [0.2, 0.25) is 0 Å². The van der Waals surface area contributed by atoms with Crippen molar-refractivity contribution >= 4 is 45.4 Å². The van der Waals surface area contributed by atoms with E-state index >= 15 is 0 Å². The minimum absolute atomic E-state index is 0.141. The molecule has 0 saturated carbocycles. The Balaban J connectivity index is 2.10. The van der Waals surface area contributed by atoms with Crippen molar-refractivity contribution in [3.05, 3.63) is 28.2 Å². The van der Waals surface area contributed by atoms with Crippen LogP contribution in [-0.2, 0) is 0 Å². The molecule has 1 fully saturated rings. The van der Waals surface area contributed by atoms with Crippen LogP contribution in [0.25, 0.3) is 0 Å². The van der Waals surface area contributed by atoms with Crippen molar-refractivity contribution in [3.8, 4) is 0 Å². The molecular weight excluding hydrogens is 344 g/mol. The molecule has 20 heavy (non-hydrogen) atoms. The van der Waals surface area contributed by atoms with Crippen molar-refractivity contribution in [3.63, 3.8) is 0 Å². The number of anilines is 1. The number of hydrogen-bond acceptors (Lipinski definition) is 3. The monoisotopic (exact) mass is 358 g/mol. The highest BCUT2D eigenvalue weighted by Gasteiger charge is 2.24. The number of aromatic carboxylic acids is 1. The number of rotatable bonds is 3. The summed E-state index contributed by atoms with van der Waals surface area (Å²) in [5.74, 6) is 0.995. The van der Waals surface area contributed by atoms with E-state index in [9.17, 15) is 9.59 Å². The minimum atomic E-state index is -1.02. The third kappa shape index (κ3) is 3.46. The summed E-state index contributed by atoms with van der Waals surface area (Å²) in [6, 6.07) is 4.56. The maximum Gasteiger partial charge on any atom is 0.335 e. The van der Waals surface area contributed by atoms with Crippen LogP contribution in [0.15, 0.2) is 22.7 Å². The van der Waals surface area contributed by atoms with Crippen LogP contribution >= 0.6 is 27.7 Å². The van der Waals surface area contributed by atoms with Gasteiger partial charge < -0.3 is 15.3 Å². The van der Waals surface area contributed by atoms with E-state index in [1.54, 1.807) is 18.0 Å². The normalized spacial score (nSPS) is 17.8. The number of carbonyl (C=O) groups excluding carboxylic acids is 1. The van der Waals surface area contributed by atoms with E-state index in [4.69, 9.17) is 5.11 Å². The van der Waals surface area contributed by atoms with Gasteiger partial charge in [0.15, 0.2) is 0 Å². The minimum Gasteiger partial charge on any atom is -0.478 e. The van der Waals surface area contributed by atoms with Crippen molar-refractivity contribution < 1.29 is 14.7 Å². The topological polar surface area (TPSA) is 69.6 Å². The molecule has 2 rings (SSSR count). The van der Waals surface area contributed by atoms with Crippen molar-refractivity contribution in [2.45, 2.75) is 12.5 Å². The van der Waals surface area contributed by atoms with Gasteiger partial charge in [-0.05, 0) is 46.3 Å². The van der Waals surface area contributed by atoms with Crippen LogP contribution in [-0.4, -0.2) is 46.6 Å². The van der Waals surface area contributed by atoms with Gasteiger partial charge in [-0.2, -0.15) is 11.8 Å². The second-order valence-electron chi connectivity index (χ2n) is 4.56. The Labute approximate surface area is 129 Å². The number of amides is 2. The fourth-order valence-electron chi connectivity index (χ4n) is 1.95. The maximum absolute atomic E-state index is 12.2. The number of nitrogens with one attached hydrogen (secondary N) is 1. The van der Waals surface area contributed by atoms with Gasteiger partial charge in [-0.25, -0.2) is 9.59 Å². The van der Waals surface area contributed by atoms with Crippen molar-refractivity contribution in [2.24, 2.45) is 0 Å². The molecule has 1 aliphatic heterocycles. The molecule has 1 unspecified atom stereocenters. The largest absolute Gasteiger partial charge is 0.478 e. The summed E-state index contributed by atoms with van der Waals surface area (Å²) >= 11 is 5.15. The molecule has 1 atom stereocenters. The first-order chi connectivity index (χ1) is 9.49. The molecule has 108 valence electrons. The molecule has 0 aromatic heterocycles. The average Bonchev–Trinajstić information content (AvgIpc) is 2.94. The summed E-state index contributed by atoms with van der Waals surface area (Å²) in [6.45, 7) is 0. The van der Waals surface area contributed by atoms with Crippen LogP contribution < -0.4 is 5.32 Å². The van der Waals surface area contributed by atoms with E-state index < -0.39 is 5.97 Å². The van der Waals surface area contributed by atoms with Crippen LogP contribution in [0.4, 0.5) is 10.5 Å². The number of halogens is 1. The predicted molar refractivity (Wildman–Crippen MR) is 83.6 cm³/mol. The summed E-state index contributed by atoms with van der Waals surface area (Å²) in [7, 11) is 1.76. The molecule has 0 bridgehead atoms. The van der Waals surface area contributed by atoms with Gasteiger partial charge in [-0.1, -0.05) is 0 Å². The quantitative estimate of drug-likeness (QED) is 0.870. The number of carboxylic acids is 1. The lowest BCUT2D eigenvalue weighted by Gasteiger charge is -2.24. The summed E-state index contributed by atoms with van der Waals surface area (Å²) in [5.41, 5.74) is 0.606. The Morgan fingerprint density at radius 3 is 2.85 bits per heavy atom. The van der Waals surface area contributed by atoms with Crippen LogP contribution in [0.3, 0.4) is 0 Å². The molecule has 7 heteroatoms. The van der Waals surface area contributed by atoms with Crippen LogP contribution in [0.5, 0.6) is 0 Å². The van der Waals surface area contributed by atoms with Crippen LogP contribution in [0, 0.1) is 0 Å². The smallest absolute Gasteiger partial charge is 0.335 e. The van der Waals surface area contributed by atoms with Gasteiger partial charge in [0.05, 0.1) is 11.3 Å². The van der Waals surface area contributed by atoms with Gasteiger partial charge in [0, 0.05) is 23.3 Å². The highest BCUT2D eigenvalue weighted by atomic mass is 79.9. The predicted octanol–water partition coefficient (Wildman–Crippen LogP) is 3.12. The molecule has 2 N–H and O–H groups in total. The lowest BCUT2D eigenvalue weighted by molar-refractivity contribution is 0.0697. The molecule has 0 aliphatic carbocycles. The van der Waals surface area contributed by atoms with Crippen molar-refractivity contribution in [1.82, 2.24) is 4.90 Å². The molecular formula is C13H15BrN2O3S. The second kappa shape index (κ2) is 6.49. The van der Waals surface area contributed by atoms with Gasteiger partial charge in [0.1, 0.15) is 0 Å². The lowest BCUT2D eigenvalue weighted by Crippen LogP contribution is -2.39. The van der Waals surface area contributed by atoms with Gasteiger partial charge >= 0.3 is 12.0 Å². The number of carbonyl (C=O) groups is 2. The van der Waals surface area contributed by atoms with Gasteiger partial charge in [-0.15, -0.1) is 0 Å². The molecule has 1 heterocycles. The van der Waals surface area contributed by atoms with Crippen LogP contribution in [0.2, 0.25) is 0 Å². The third-order valence-corrected chi connectivity index (χ3v) is 5.06. The molecule has 1 aromatic rings. The fourth-order valence-corrected chi connectivity index (χ4v) is 3.56. The SMILES string of the molecule is CN(C(=O)Nc1cc(C(=O)O)ccc1Br)C1CCSC1. The summed E-state index contributed by atoms with van der Waals surface area (Å²) < 4.78 is 0.657. The molecule has 1 saturated heterocycles. The zero-order valence-electron chi connectivity index (χ0n) is 10.9. The molecule has 1 aliphatic rings. The van der Waals surface area contributed by atoms with Crippen molar-refractivity contribution in [2.75, 3.05) is 23.9 Å². The highest BCUT2D eigenvalue weighted by Crippen LogP contribution is 2.26. The number of carboxylic acid groups (broad SMARTS) is 1. The van der Waals surface area contributed by atoms with E-state index in [-0.39, 0.29) is 17.6 Å². The van der Waals surface area contributed by atoms with Gasteiger partial charge in [-0.3, -0.25) is 0 Å². The third-order valence-electron chi connectivity index (χ3n) is 3.23.